The number of para-hydroxylation sites is 2. The summed E-state index contributed by atoms with van der Waals surface area (Å²) in [6, 6.07) is 23.8. The van der Waals surface area contributed by atoms with Crippen molar-refractivity contribution >= 4 is 46.7 Å². The van der Waals surface area contributed by atoms with Gasteiger partial charge in [-0.1, -0.05) is 73.8 Å². The summed E-state index contributed by atoms with van der Waals surface area (Å²) in [6.07, 6.45) is 4.31. The largest absolute Gasteiger partial charge is 0.325 e. The third-order valence-corrected chi connectivity index (χ3v) is 7.60. The third kappa shape index (κ3) is 11.1. The molecule has 0 unspecified atom stereocenters. The van der Waals surface area contributed by atoms with Gasteiger partial charge in [0.15, 0.2) is 17.5 Å². The van der Waals surface area contributed by atoms with Gasteiger partial charge in [0.1, 0.15) is 0 Å². The predicted molar refractivity (Wildman–Crippen MR) is 195 cm³/mol. The van der Waals surface area contributed by atoms with Crippen molar-refractivity contribution in [2.24, 2.45) is 0 Å². The number of thioether (sulfide) groups is 2. The SMILES string of the molecule is CC.Cc1cc(-c2nc(SCC(=O)Nc3ccccc3)n[nH]2)ccn1.O=C(CSc1n[nH]c(-c2ccncc2F)n1)Nc1ccccc1.[HH].[HH].[HH].[HH]. The quantitative estimate of drug-likeness (QED) is 0.105. The molecule has 6 rings (SSSR count). The zero-order valence-electron chi connectivity index (χ0n) is 26.3. The van der Waals surface area contributed by atoms with Gasteiger partial charge in [0, 0.05) is 40.7 Å². The van der Waals surface area contributed by atoms with Gasteiger partial charge in [-0.2, -0.15) is 0 Å². The highest BCUT2D eigenvalue weighted by molar-refractivity contribution is 8.00. The molecular formula is C33H41FN10O2S2. The molecule has 4 heterocycles. The third-order valence-electron chi connectivity index (χ3n) is 5.91. The van der Waals surface area contributed by atoms with Crippen LogP contribution in [-0.4, -0.2) is 63.7 Å². The summed E-state index contributed by atoms with van der Waals surface area (Å²) in [7, 11) is 0. The number of benzene rings is 2. The highest BCUT2D eigenvalue weighted by Gasteiger charge is 2.12. The van der Waals surface area contributed by atoms with Gasteiger partial charge in [-0.15, -0.1) is 10.2 Å². The van der Waals surface area contributed by atoms with Gasteiger partial charge in [0.2, 0.25) is 22.1 Å². The predicted octanol–water partition coefficient (Wildman–Crippen LogP) is 7.65. The lowest BCUT2D eigenvalue weighted by molar-refractivity contribution is -0.114. The number of carbonyl (C=O) groups excluding carboxylic acids is 2. The Hall–Kier alpha value is -5.41. The van der Waals surface area contributed by atoms with Crippen LogP contribution in [0.15, 0.2) is 108 Å². The van der Waals surface area contributed by atoms with Crippen molar-refractivity contribution in [1.29, 1.82) is 0 Å². The molecule has 6 aromatic rings. The fourth-order valence-electron chi connectivity index (χ4n) is 3.83. The smallest absolute Gasteiger partial charge is 0.234 e. The van der Waals surface area contributed by atoms with Crippen LogP contribution in [0.5, 0.6) is 0 Å². The maximum absolute atomic E-state index is 13.6. The van der Waals surface area contributed by atoms with E-state index in [9.17, 15) is 14.0 Å². The Labute approximate surface area is 291 Å². The van der Waals surface area contributed by atoms with E-state index in [0.29, 0.717) is 22.0 Å². The average Bonchev–Trinajstić information content (AvgIpc) is 3.79. The lowest BCUT2D eigenvalue weighted by Crippen LogP contribution is -2.13. The highest BCUT2D eigenvalue weighted by Crippen LogP contribution is 2.22. The number of hydrogen-bond donors (Lipinski definition) is 4. The van der Waals surface area contributed by atoms with Crippen LogP contribution in [0, 0.1) is 12.7 Å². The first-order chi connectivity index (χ1) is 23.4. The number of anilines is 2. The maximum atomic E-state index is 13.6. The summed E-state index contributed by atoms with van der Waals surface area (Å²) >= 11 is 2.45. The van der Waals surface area contributed by atoms with Crippen LogP contribution in [0.25, 0.3) is 22.8 Å². The summed E-state index contributed by atoms with van der Waals surface area (Å²) in [6.45, 7) is 5.92. The topological polar surface area (TPSA) is 167 Å². The average molecular weight is 693 g/mol. The molecule has 0 radical (unpaired) electrons. The van der Waals surface area contributed by atoms with Gasteiger partial charge in [0.25, 0.3) is 0 Å². The number of nitrogens with one attached hydrogen (secondary N) is 4. The second kappa shape index (κ2) is 18.7. The molecule has 2 aromatic carbocycles. The lowest BCUT2D eigenvalue weighted by Gasteiger charge is -2.02. The van der Waals surface area contributed by atoms with Crippen LogP contribution in [-0.2, 0) is 9.59 Å². The molecule has 0 fully saturated rings. The molecule has 0 spiro atoms. The zero-order valence-corrected chi connectivity index (χ0v) is 28.0. The molecule has 0 aliphatic carbocycles. The molecule has 48 heavy (non-hydrogen) atoms. The molecule has 0 aliphatic heterocycles. The number of pyridine rings is 2. The Balaban J connectivity index is 0.000000890. The van der Waals surface area contributed by atoms with Crippen LogP contribution in [0.4, 0.5) is 15.8 Å². The Morgan fingerprint density at radius 1 is 0.771 bits per heavy atom. The Bertz CT molecular complexity index is 1910. The van der Waals surface area contributed by atoms with Gasteiger partial charge in [-0.25, -0.2) is 14.4 Å². The number of aromatic nitrogens is 8. The summed E-state index contributed by atoms with van der Waals surface area (Å²) in [5.41, 5.74) is 3.63. The second-order valence-electron chi connectivity index (χ2n) is 9.38. The van der Waals surface area contributed by atoms with Crippen molar-refractivity contribution in [1.82, 2.24) is 40.3 Å². The van der Waals surface area contributed by atoms with Crippen LogP contribution in [0.1, 0.15) is 25.2 Å². The molecule has 0 saturated heterocycles. The molecule has 0 aliphatic rings. The van der Waals surface area contributed by atoms with E-state index >= 15 is 0 Å². The van der Waals surface area contributed by atoms with Gasteiger partial charge in [-0.3, -0.25) is 29.8 Å². The van der Waals surface area contributed by atoms with E-state index in [1.807, 2.05) is 81.4 Å². The maximum Gasteiger partial charge on any atom is 0.234 e. The van der Waals surface area contributed by atoms with Crippen LogP contribution < -0.4 is 10.6 Å². The molecule has 12 nitrogen and oxygen atoms in total. The number of nitrogens with zero attached hydrogens (tertiary/aromatic N) is 6. The number of aryl methyl sites for hydroxylation is 1. The number of aromatic amines is 2. The van der Waals surface area contributed by atoms with Crippen molar-refractivity contribution < 1.29 is 19.7 Å². The van der Waals surface area contributed by atoms with Gasteiger partial charge in [-0.05, 0) is 49.4 Å². The van der Waals surface area contributed by atoms with Crippen molar-refractivity contribution in [2.45, 2.75) is 31.1 Å². The molecule has 4 aromatic heterocycles. The lowest BCUT2D eigenvalue weighted by atomic mass is 10.2. The second-order valence-corrected chi connectivity index (χ2v) is 11.3. The van der Waals surface area contributed by atoms with E-state index in [-0.39, 0.29) is 34.6 Å². The number of amides is 2. The molecule has 254 valence electrons. The fraction of sp³-hybridized carbons (Fsp3) is 0.152. The number of H-pyrrole nitrogens is 2. The van der Waals surface area contributed by atoms with E-state index in [2.05, 4.69) is 51.0 Å². The molecular weight excluding hydrogens is 652 g/mol. The first-order valence-electron chi connectivity index (χ1n) is 14.8. The van der Waals surface area contributed by atoms with Crippen molar-refractivity contribution in [3.8, 4) is 22.8 Å². The summed E-state index contributed by atoms with van der Waals surface area (Å²) < 4.78 is 13.6. The van der Waals surface area contributed by atoms with Gasteiger partial charge in [0.05, 0.1) is 23.3 Å². The first kappa shape index (κ1) is 35.4. The van der Waals surface area contributed by atoms with E-state index in [4.69, 9.17) is 0 Å². The van der Waals surface area contributed by atoms with Crippen LogP contribution in [0.2, 0.25) is 0 Å². The van der Waals surface area contributed by atoms with Crippen molar-refractivity contribution in [3.05, 3.63) is 109 Å². The van der Waals surface area contributed by atoms with Crippen molar-refractivity contribution in [2.75, 3.05) is 22.1 Å². The fourth-order valence-corrected chi connectivity index (χ4v) is 5.03. The number of hydrogen-bond acceptors (Lipinski definition) is 10. The minimum absolute atomic E-state index is 0. The molecule has 0 atom stereocenters. The van der Waals surface area contributed by atoms with E-state index in [0.717, 1.165) is 28.8 Å². The number of carbonyl (C=O) groups is 2. The summed E-state index contributed by atoms with van der Waals surface area (Å²) in [4.78, 5) is 40.1. The zero-order chi connectivity index (χ0) is 34.1. The molecule has 0 saturated carbocycles. The Morgan fingerprint density at radius 2 is 1.31 bits per heavy atom. The minimum atomic E-state index is -0.484. The molecule has 2 amide bonds. The Morgan fingerprint density at radius 3 is 1.85 bits per heavy atom. The van der Waals surface area contributed by atoms with E-state index in [1.165, 1.54) is 35.8 Å². The van der Waals surface area contributed by atoms with E-state index in [1.54, 1.807) is 18.3 Å². The first-order valence-corrected chi connectivity index (χ1v) is 16.7. The minimum Gasteiger partial charge on any atom is -0.325 e. The molecule has 0 bridgehead atoms. The standard InChI is InChI=1S/C16H15N5OS.C15H12FN5OS.C2H6.4H2/c1-11-9-12(7-8-17-11)15-19-16(21-20-15)23-10-14(22)18-13-5-3-2-4-6-13;16-12-8-17-7-6-11(12)14-19-15(21-20-14)23-9-13(22)18-10-4-2-1-3-5-10;1-2;;;;/h2-9H,10H2,1H3,(H,18,22)(H,19,20,21);1-8H,9H2,(H,18,22)(H,19,20,21);1-2H3;4*1H. The molecule has 15 heteroatoms. The van der Waals surface area contributed by atoms with Crippen LogP contribution in [0.3, 0.4) is 0 Å². The highest BCUT2D eigenvalue weighted by atomic mass is 32.2. The van der Waals surface area contributed by atoms with Gasteiger partial charge >= 0.3 is 0 Å². The Kier molecular flexibility index (Phi) is 13.8. The van der Waals surface area contributed by atoms with Crippen LogP contribution >= 0.6 is 23.5 Å². The summed E-state index contributed by atoms with van der Waals surface area (Å²) in [5.74, 6) is 0.640. The summed E-state index contributed by atoms with van der Waals surface area (Å²) in [5, 5.41) is 20.1. The number of rotatable bonds is 10. The molecule has 4 N–H and O–H groups in total. The normalized spacial score (nSPS) is 10.2. The number of halogens is 1. The van der Waals surface area contributed by atoms with Gasteiger partial charge < -0.3 is 10.6 Å². The van der Waals surface area contributed by atoms with E-state index < -0.39 is 5.82 Å². The monoisotopic (exact) mass is 692 g/mol. The van der Waals surface area contributed by atoms with Crippen molar-refractivity contribution in [3.63, 3.8) is 0 Å².